The Hall–Kier alpha value is -2.17. The van der Waals surface area contributed by atoms with Crippen LogP contribution < -0.4 is 10.0 Å². The lowest BCUT2D eigenvalue weighted by Gasteiger charge is -2.09. The standard InChI is InChI=1S/C17H20BrN3O5S/c1-11-4-5-14(13(18)8-11)20-16(22)6-7-19-27(24,25)12-9-15(17(23)26-3)21(2)10-12/h4-5,8-10,19H,6-7H2,1-3H3,(H,20,22). The van der Waals surface area contributed by atoms with Gasteiger partial charge in [0.2, 0.25) is 15.9 Å². The molecule has 27 heavy (non-hydrogen) atoms. The molecule has 0 fully saturated rings. The smallest absolute Gasteiger partial charge is 0.354 e. The molecule has 0 aliphatic heterocycles. The average Bonchev–Trinajstić information content (AvgIpc) is 2.99. The van der Waals surface area contributed by atoms with Crippen molar-refractivity contribution in [2.24, 2.45) is 7.05 Å². The highest BCUT2D eigenvalue weighted by molar-refractivity contribution is 9.10. The molecule has 0 unspecified atom stereocenters. The number of nitrogens with one attached hydrogen (secondary N) is 2. The number of carbonyl (C=O) groups excluding carboxylic acids is 2. The van der Waals surface area contributed by atoms with Gasteiger partial charge in [0.25, 0.3) is 0 Å². The van der Waals surface area contributed by atoms with E-state index in [2.05, 4.69) is 30.7 Å². The molecule has 1 heterocycles. The quantitative estimate of drug-likeness (QED) is 0.619. The summed E-state index contributed by atoms with van der Waals surface area (Å²) in [6, 6.07) is 6.71. The number of halogens is 1. The molecule has 2 rings (SSSR count). The summed E-state index contributed by atoms with van der Waals surface area (Å²) < 4.78 is 33.7. The molecular formula is C17H20BrN3O5S. The van der Waals surface area contributed by atoms with Crippen LogP contribution in [-0.2, 0) is 26.6 Å². The Morgan fingerprint density at radius 1 is 1.26 bits per heavy atom. The zero-order valence-electron chi connectivity index (χ0n) is 15.1. The SMILES string of the molecule is COC(=O)c1cc(S(=O)(=O)NCCC(=O)Nc2ccc(C)cc2Br)cn1C. The first-order valence-corrected chi connectivity index (χ1v) is 10.2. The molecule has 8 nitrogen and oxygen atoms in total. The maximum Gasteiger partial charge on any atom is 0.354 e. The summed E-state index contributed by atoms with van der Waals surface area (Å²) in [5.74, 6) is -0.965. The lowest BCUT2D eigenvalue weighted by atomic mass is 10.2. The molecule has 0 saturated carbocycles. The van der Waals surface area contributed by atoms with Gasteiger partial charge in [-0.25, -0.2) is 17.9 Å². The van der Waals surface area contributed by atoms with Crippen molar-refractivity contribution in [2.45, 2.75) is 18.2 Å². The number of hydrogen-bond donors (Lipinski definition) is 2. The normalized spacial score (nSPS) is 11.3. The van der Waals surface area contributed by atoms with Gasteiger partial charge in [-0.1, -0.05) is 6.07 Å². The zero-order chi connectivity index (χ0) is 20.2. The second-order valence-corrected chi connectivity index (χ2v) is 8.46. The monoisotopic (exact) mass is 457 g/mol. The Morgan fingerprint density at radius 2 is 1.96 bits per heavy atom. The first kappa shape index (κ1) is 21.1. The predicted molar refractivity (Wildman–Crippen MR) is 104 cm³/mol. The fourth-order valence-electron chi connectivity index (χ4n) is 2.31. The number of aryl methyl sites for hydroxylation is 2. The van der Waals surface area contributed by atoms with Gasteiger partial charge in [0, 0.05) is 30.7 Å². The summed E-state index contributed by atoms with van der Waals surface area (Å²) >= 11 is 3.37. The Kier molecular flexibility index (Phi) is 6.79. The van der Waals surface area contributed by atoms with E-state index >= 15 is 0 Å². The minimum absolute atomic E-state index is 0.0454. The molecule has 0 aliphatic carbocycles. The third-order valence-corrected chi connectivity index (χ3v) is 5.81. The van der Waals surface area contributed by atoms with Crippen LogP contribution in [0.1, 0.15) is 22.5 Å². The lowest BCUT2D eigenvalue weighted by molar-refractivity contribution is -0.116. The Labute approximate surface area is 166 Å². The molecule has 1 amide bonds. The number of esters is 1. The van der Waals surface area contributed by atoms with Gasteiger partial charge < -0.3 is 14.6 Å². The molecule has 1 aromatic carbocycles. The van der Waals surface area contributed by atoms with Crippen molar-refractivity contribution in [1.82, 2.24) is 9.29 Å². The number of ether oxygens (including phenoxy) is 1. The topological polar surface area (TPSA) is 106 Å². The van der Waals surface area contributed by atoms with E-state index in [4.69, 9.17) is 0 Å². The fraction of sp³-hybridized carbons (Fsp3) is 0.294. The number of benzene rings is 1. The number of anilines is 1. The van der Waals surface area contributed by atoms with Crippen LogP contribution in [0.15, 0.2) is 39.8 Å². The van der Waals surface area contributed by atoms with Crippen LogP contribution in [0.3, 0.4) is 0 Å². The number of aromatic nitrogens is 1. The van der Waals surface area contributed by atoms with Crippen molar-refractivity contribution in [3.05, 3.63) is 46.2 Å². The number of sulfonamides is 1. The van der Waals surface area contributed by atoms with E-state index < -0.39 is 16.0 Å². The number of methoxy groups -OCH3 is 1. The zero-order valence-corrected chi connectivity index (χ0v) is 17.5. The van der Waals surface area contributed by atoms with E-state index in [1.165, 1.54) is 31.0 Å². The van der Waals surface area contributed by atoms with E-state index in [9.17, 15) is 18.0 Å². The minimum atomic E-state index is -3.85. The third kappa shape index (κ3) is 5.41. The van der Waals surface area contributed by atoms with E-state index in [1.54, 1.807) is 6.07 Å². The van der Waals surface area contributed by atoms with Crippen LogP contribution in [0.2, 0.25) is 0 Å². The molecule has 0 saturated heterocycles. The van der Waals surface area contributed by atoms with E-state index in [1.807, 2.05) is 19.1 Å². The largest absolute Gasteiger partial charge is 0.464 e. The average molecular weight is 458 g/mol. The fourth-order valence-corrected chi connectivity index (χ4v) is 4.00. The third-order valence-electron chi connectivity index (χ3n) is 3.73. The van der Waals surface area contributed by atoms with Gasteiger partial charge in [0.1, 0.15) is 10.6 Å². The molecular weight excluding hydrogens is 438 g/mol. The van der Waals surface area contributed by atoms with E-state index in [-0.39, 0.29) is 29.5 Å². The lowest BCUT2D eigenvalue weighted by Crippen LogP contribution is -2.27. The molecule has 0 bridgehead atoms. The second kappa shape index (κ2) is 8.68. The highest BCUT2D eigenvalue weighted by atomic mass is 79.9. The van der Waals surface area contributed by atoms with Gasteiger partial charge in [-0.3, -0.25) is 4.79 Å². The first-order valence-electron chi connectivity index (χ1n) is 7.94. The predicted octanol–water partition coefficient (Wildman–Crippen LogP) is 2.19. The molecule has 0 aliphatic rings. The maximum absolute atomic E-state index is 12.3. The van der Waals surface area contributed by atoms with Crippen molar-refractivity contribution in [2.75, 3.05) is 19.0 Å². The molecule has 2 aromatic rings. The van der Waals surface area contributed by atoms with Crippen molar-refractivity contribution in [1.29, 1.82) is 0 Å². The van der Waals surface area contributed by atoms with Crippen LogP contribution in [0.5, 0.6) is 0 Å². The van der Waals surface area contributed by atoms with Crippen LogP contribution in [0.4, 0.5) is 5.69 Å². The highest BCUT2D eigenvalue weighted by Gasteiger charge is 2.21. The van der Waals surface area contributed by atoms with Crippen molar-refractivity contribution in [3.8, 4) is 0 Å². The number of amides is 1. The summed E-state index contributed by atoms with van der Waals surface area (Å²) in [6.07, 6.45) is 1.26. The molecule has 2 N–H and O–H groups in total. The van der Waals surface area contributed by atoms with Gasteiger partial charge in [-0.15, -0.1) is 0 Å². The van der Waals surface area contributed by atoms with Crippen LogP contribution >= 0.6 is 15.9 Å². The summed E-state index contributed by atoms with van der Waals surface area (Å²) in [5, 5.41) is 2.71. The van der Waals surface area contributed by atoms with Gasteiger partial charge in [0.15, 0.2) is 0 Å². The Morgan fingerprint density at radius 3 is 2.59 bits per heavy atom. The minimum Gasteiger partial charge on any atom is -0.464 e. The van der Waals surface area contributed by atoms with Crippen LogP contribution in [-0.4, -0.2) is 38.5 Å². The Balaban J connectivity index is 1.95. The molecule has 1 aromatic heterocycles. The summed E-state index contributed by atoms with van der Waals surface area (Å²) in [5.41, 5.74) is 1.76. The highest BCUT2D eigenvalue weighted by Crippen LogP contribution is 2.23. The van der Waals surface area contributed by atoms with Crippen molar-refractivity contribution >= 4 is 43.5 Å². The number of hydrogen-bond acceptors (Lipinski definition) is 5. The van der Waals surface area contributed by atoms with E-state index in [0.717, 1.165) is 10.0 Å². The van der Waals surface area contributed by atoms with Crippen molar-refractivity contribution in [3.63, 3.8) is 0 Å². The summed E-state index contributed by atoms with van der Waals surface area (Å²) in [4.78, 5) is 23.5. The van der Waals surface area contributed by atoms with Crippen LogP contribution in [0.25, 0.3) is 0 Å². The molecule has 0 radical (unpaired) electrons. The number of nitrogens with zero attached hydrogens (tertiary/aromatic N) is 1. The molecule has 146 valence electrons. The second-order valence-electron chi connectivity index (χ2n) is 5.84. The molecule has 10 heteroatoms. The number of rotatable bonds is 7. The van der Waals surface area contributed by atoms with Gasteiger partial charge in [0.05, 0.1) is 12.8 Å². The van der Waals surface area contributed by atoms with Gasteiger partial charge >= 0.3 is 5.97 Å². The van der Waals surface area contributed by atoms with Crippen LogP contribution in [0, 0.1) is 6.92 Å². The summed E-state index contributed by atoms with van der Waals surface area (Å²) in [7, 11) is -1.10. The van der Waals surface area contributed by atoms with E-state index in [0.29, 0.717) is 5.69 Å². The van der Waals surface area contributed by atoms with Crippen molar-refractivity contribution < 1.29 is 22.7 Å². The Bertz CT molecular complexity index is 969. The van der Waals surface area contributed by atoms with Gasteiger partial charge in [-0.05, 0) is 46.6 Å². The summed E-state index contributed by atoms with van der Waals surface area (Å²) in [6.45, 7) is 1.85. The number of carbonyl (C=O) groups is 2. The molecule has 0 atom stereocenters. The maximum atomic E-state index is 12.3. The first-order chi connectivity index (χ1) is 12.6. The molecule has 0 spiro atoms. The van der Waals surface area contributed by atoms with Gasteiger partial charge in [-0.2, -0.15) is 0 Å².